The zero-order valence-corrected chi connectivity index (χ0v) is 24.2. The van der Waals surface area contributed by atoms with Crippen molar-refractivity contribution < 1.29 is 0 Å². The minimum Gasteiger partial charge on any atom is -0.404 e. The maximum Gasteiger partial charge on any atom is 0.0719 e. The molecule has 8 aromatic rings. The third kappa shape index (κ3) is 4.54. The average Bonchev–Trinajstić information content (AvgIpc) is 3.59. The number of benzene rings is 6. The number of thiophene rings is 1. The first-order chi connectivity index (χ1) is 20.7. The lowest BCUT2D eigenvalue weighted by molar-refractivity contribution is 1.19. The van der Waals surface area contributed by atoms with Gasteiger partial charge in [-0.25, -0.2) is 0 Å². The molecule has 0 saturated carbocycles. The van der Waals surface area contributed by atoms with E-state index in [0.29, 0.717) is 0 Å². The Morgan fingerprint density at radius 3 is 1.86 bits per heavy atom. The fourth-order valence-electron chi connectivity index (χ4n) is 5.80. The van der Waals surface area contributed by atoms with Crippen LogP contribution >= 0.6 is 11.3 Å². The molecule has 2 aromatic heterocycles. The van der Waals surface area contributed by atoms with Crippen molar-refractivity contribution in [1.82, 2.24) is 4.57 Å². The molecule has 0 bridgehead atoms. The van der Waals surface area contributed by atoms with E-state index in [4.69, 9.17) is 5.73 Å². The van der Waals surface area contributed by atoms with Gasteiger partial charge in [0, 0.05) is 43.7 Å². The summed E-state index contributed by atoms with van der Waals surface area (Å²) >= 11 is 1.88. The van der Waals surface area contributed by atoms with E-state index in [9.17, 15) is 0 Å². The lowest BCUT2D eigenvalue weighted by Gasteiger charge is -2.12. The minimum absolute atomic E-state index is 1.03. The highest BCUT2D eigenvalue weighted by molar-refractivity contribution is 7.26. The van der Waals surface area contributed by atoms with Gasteiger partial charge >= 0.3 is 0 Å². The van der Waals surface area contributed by atoms with E-state index in [0.717, 1.165) is 22.4 Å². The Bertz CT molecular complexity index is 2190. The molecule has 0 aliphatic heterocycles. The molecule has 8 rings (SSSR count). The van der Waals surface area contributed by atoms with E-state index >= 15 is 0 Å². The van der Waals surface area contributed by atoms with Crippen LogP contribution in [0.4, 0.5) is 0 Å². The molecule has 3 heteroatoms. The van der Waals surface area contributed by atoms with Crippen LogP contribution in [0.1, 0.15) is 16.7 Å². The van der Waals surface area contributed by atoms with Crippen molar-refractivity contribution in [3.63, 3.8) is 0 Å². The zero-order chi connectivity index (χ0) is 28.5. The Morgan fingerprint density at radius 2 is 1.17 bits per heavy atom. The largest absolute Gasteiger partial charge is 0.404 e. The molecule has 0 fully saturated rings. The zero-order valence-electron chi connectivity index (χ0n) is 23.4. The van der Waals surface area contributed by atoms with Gasteiger partial charge in [-0.2, -0.15) is 0 Å². The van der Waals surface area contributed by atoms with Crippen LogP contribution in [-0.2, 0) is 0 Å². The second kappa shape index (κ2) is 11.0. The van der Waals surface area contributed by atoms with Crippen LogP contribution in [0.15, 0.2) is 152 Å². The Morgan fingerprint density at radius 1 is 0.571 bits per heavy atom. The van der Waals surface area contributed by atoms with Crippen LogP contribution in [0.25, 0.3) is 53.2 Å². The number of aromatic nitrogens is 1. The summed E-state index contributed by atoms with van der Waals surface area (Å²) < 4.78 is 5.07. The molecular formula is C39H30N2S. The summed E-state index contributed by atoms with van der Waals surface area (Å²) in [6.45, 7) is 2.08. The van der Waals surface area contributed by atoms with Crippen molar-refractivity contribution in [3.05, 3.63) is 168 Å². The molecule has 0 atom stereocenters. The maximum absolute atomic E-state index is 6.05. The van der Waals surface area contributed by atoms with Crippen molar-refractivity contribution in [2.45, 2.75) is 6.92 Å². The smallest absolute Gasteiger partial charge is 0.0719 e. The van der Waals surface area contributed by atoms with Crippen molar-refractivity contribution in [2.75, 3.05) is 0 Å². The van der Waals surface area contributed by atoms with E-state index in [-0.39, 0.29) is 0 Å². The standard InChI is InChI=1S/C32H22N2S.C7H8/c33-20-28(21-8-2-1-3-9-21)22-14-16-23(17-15-22)34-29-12-6-4-10-24(29)26-18-19-27-25-11-5-7-13-30(25)35-32(27)31(26)34;1-7-5-3-2-4-6-7/h1-20H,33H2;2-6H,1H3/b28-20-;. The number of aryl methyl sites for hydroxylation is 1. The highest BCUT2D eigenvalue weighted by Crippen LogP contribution is 2.42. The second-order valence-corrected chi connectivity index (χ2v) is 11.5. The summed E-state index contributed by atoms with van der Waals surface area (Å²) in [5.74, 6) is 0. The van der Waals surface area contributed by atoms with E-state index in [2.05, 4.69) is 121 Å². The second-order valence-electron chi connectivity index (χ2n) is 10.4. The molecule has 0 saturated heterocycles. The highest BCUT2D eigenvalue weighted by Gasteiger charge is 2.17. The monoisotopic (exact) mass is 558 g/mol. The summed E-state index contributed by atoms with van der Waals surface area (Å²) in [6, 6.07) is 51.3. The van der Waals surface area contributed by atoms with Gasteiger partial charge in [-0.1, -0.05) is 127 Å². The molecule has 0 radical (unpaired) electrons. The fourth-order valence-corrected chi connectivity index (χ4v) is 7.04. The predicted octanol–water partition coefficient (Wildman–Crippen LogP) is 10.5. The molecule has 42 heavy (non-hydrogen) atoms. The van der Waals surface area contributed by atoms with E-state index in [1.807, 2.05) is 47.7 Å². The minimum atomic E-state index is 1.03. The van der Waals surface area contributed by atoms with Gasteiger partial charge in [0.25, 0.3) is 0 Å². The first-order valence-electron chi connectivity index (χ1n) is 14.2. The number of nitrogens with two attached hydrogens (primary N) is 1. The van der Waals surface area contributed by atoms with Crippen molar-refractivity contribution in [2.24, 2.45) is 5.73 Å². The Labute approximate surface area is 249 Å². The van der Waals surface area contributed by atoms with Gasteiger partial charge in [-0.15, -0.1) is 11.3 Å². The summed E-state index contributed by atoms with van der Waals surface area (Å²) in [4.78, 5) is 0. The molecule has 2 N–H and O–H groups in total. The van der Waals surface area contributed by atoms with Crippen LogP contribution < -0.4 is 5.73 Å². The molecule has 0 amide bonds. The number of hydrogen-bond donors (Lipinski definition) is 1. The number of hydrogen-bond acceptors (Lipinski definition) is 2. The molecule has 2 heterocycles. The van der Waals surface area contributed by atoms with Gasteiger partial charge in [0.2, 0.25) is 0 Å². The van der Waals surface area contributed by atoms with Crippen molar-refractivity contribution >= 4 is 58.9 Å². The van der Waals surface area contributed by atoms with E-state index < -0.39 is 0 Å². The van der Waals surface area contributed by atoms with Crippen molar-refractivity contribution in [3.8, 4) is 5.69 Å². The lowest BCUT2D eigenvalue weighted by Crippen LogP contribution is -1.96. The summed E-state index contributed by atoms with van der Waals surface area (Å²) in [6.07, 6.45) is 1.70. The molecule has 0 unspecified atom stereocenters. The average molecular weight is 559 g/mol. The highest BCUT2D eigenvalue weighted by atomic mass is 32.1. The lowest BCUT2D eigenvalue weighted by atomic mass is 9.99. The Hall–Kier alpha value is -5.12. The van der Waals surface area contributed by atoms with Gasteiger partial charge in [-0.05, 0) is 42.3 Å². The molecule has 6 aromatic carbocycles. The third-order valence-electron chi connectivity index (χ3n) is 7.81. The number of rotatable bonds is 3. The quantitative estimate of drug-likeness (QED) is 0.230. The van der Waals surface area contributed by atoms with Crippen molar-refractivity contribution in [1.29, 1.82) is 0 Å². The van der Waals surface area contributed by atoms with Crippen LogP contribution in [0, 0.1) is 6.92 Å². The molecular weight excluding hydrogens is 529 g/mol. The van der Waals surface area contributed by atoms with Crippen LogP contribution in [-0.4, -0.2) is 4.57 Å². The normalized spacial score (nSPS) is 11.7. The predicted molar refractivity (Wildman–Crippen MR) is 183 cm³/mol. The molecule has 2 nitrogen and oxygen atoms in total. The summed E-state index contributed by atoms with van der Waals surface area (Å²) in [5, 5.41) is 5.20. The van der Waals surface area contributed by atoms with E-state index in [1.54, 1.807) is 6.20 Å². The Balaban J connectivity index is 0.000000363. The number of para-hydroxylation sites is 1. The van der Waals surface area contributed by atoms with Gasteiger partial charge in [-0.3, -0.25) is 0 Å². The Kier molecular flexibility index (Phi) is 6.79. The number of fused-ring (bicyclic) bond motifs is 7. The van der Waals surface area contributed by atoms with Gasteiger partial charge < -0.3 is 10.3 Å². The topological polar surface area (TPSA) is 30.9 Å². The molecule has 202 valence electrons. The molecule has 0 spiro atoms. The SMILES string of the molecule is Cc1ccccc1.N/C=C(/c1ccccc1)c1ccc(-n2c3ccccc3c3ccc4c5ccccc5sc4c32)cc1. The number of nitrogens with zero attached hydrogens (tertiary/aromatic N) is 1. The van der Waals surface area contributed by atoms with Crippen LogP contribution in [0.5, 0.6) is 0 Å². The van der Waals surface area contributed by atoms with Gasteiger partial charge in [0.15, 0.2) is 0 Å². The first kappa shape index (κ1) is 25.8. The maximum atomic E-state index is 6.05. The van der Waals surface area contributed by atoms with Gasteiger partial charge in [0.05, 0.1) is 15.7 Å². The fraction of sp³-hybridized carbons (Fsp3) is 0.0256. The summed E-state index contributed by atoms with van der Waals surface area (Å²) in [7, 11) is 0. The van der Waals surface area contributed by atoms with Crippen LogP contribution in [0.3, 0.4) is 0 Å². The molecule has 0 aliphatic rings. The first-order valence-corrected chi connectivity index (χ1v) is 15.0. The van der Waals surface area contributed by atoms with Gasteiger partial charge in [0.1, 0.15) is 0 Å². The third-order valence-corrected chi connectivity index (χ3v) is 9.00. The summed E-state index contributed by atoms with van der Waals surface area (Å²) in [5.41, 5.74) is 14.3. The van der Waals surface area contributed by atoms with Crippen LogP contribution in [0.2, 0.25) is 0 Å². The molecule has 0 aliphatic carbocycles. The van der Waals surface area contributed by atoms with E-state index in [1.165, 1.54) is 47.5 Å².